The second kappa shape index (κ2) is 12.9. The fourth-order valence-electron chi connectivity index (χ4n) is 4.66. The van der Waals surface area contributed by atoms with Gasteiger partial charge in [-0.2, -0.15) is 0 Å². The summed E-state index contributed by atoms with van der Waals surface area (Å²) < 4.78 is 11.2. The molecule has 1 amide bonds. The Balaban J connectivity index is 1.42. The second-order valence-corrected chi connectivity index (χ2v) is 10.2. The lowest BCUT2D eigenvalue weighted by Gasteiger charge is -2.23. The lowest BCUT2D eigenvalue weighted by atomic mass is 10.1. The molecule has 0 spiro atoms. The van der Waals surface area contributed by atoms with Crippen molar-refractivity contribution in [2.24, 2.45) is 0 Å². The zero-order chi connectivity index (χ0) is 27.8. The highest BCUT2D eigenvalue weighted by Gasteiger charge is 2.17. The van der Waals surface area contributed by atoms with Gasteiger partial charge in [-0.25, -0.2) is 9.59 Å². The van der Waals surface area contributed by atoms with Crippen LogP contribution in [0.15, 0.2) is 91.0 Å². The molecule has 0 heterocycles. The molecule has 200 valence electrons. The quantitative estimate of drug-likeness (QED) is 0.213. The summed E-state index contributed by atoms with van der Waals surface area (Å²) in [4.78, 5) is 27.4. The maximum absolute atomic E-state index is 13.2. The molecule has 4 aromatic rings. The summed E-state index contributed by atoms with van der Waals surface area (Å²) in [6.07, 6.45) is -0.371. The minimum absolute atomic E-state index is 0.178. The molecule has 4 rings (SSSR count). The van der Waals surface area contributed by atoms with E-state index in [9.17, 15) is 9.59 Å². The van der Waals surface area contributed by atoms with Crippen molar-refractivity contribution < 1.29 is 19.1 Å². The number of esters is 1. The molecular formula is C34H35NO4. The van der Waals surface area contributed by atoms with Crippen molar-refractivity contribution in [3.05, 3.63) is 141 Å². The topological polar surface area (TPSA) is 55.8 Å². The number of nitrogens with zero attached hydrogens (tertiary/aromatic N) is 1. The van der Waals surface area contributed by atoms with Crippen LogP contribution in [0.1, 0.15) is 54.9 Å². The van der Waals surface area contributed by atoms with Crippen molar-refractivity contribution in [1.29, 1.82) is 0 Å². The third kappa shape index (κ3) is 8.30. The number of carbonyl (C=O) groups excluding carboxylic acids is 2. The molecule has 0 fully saturated rings. The van der Waals surface area contributed by atoms with E-state index < -0.39 is 0 Å². The number of aryl methyl sites for hydroxylation is 4. The Bertz CT molecular complexity index is 1390. The third-order valence-electron chi connectivity index (χ3n) is 6.34. The Hall–Kier alpha value is -4.38. The van der Waals surface area contributed by atoms with Gasteiger partial charge in [-0.15, -0.1) is 0 Å². The summed E-state index contributed by atoms with van der Waals surface area (Å²) in [7, 11) is 0. The maximum Gasteiger partial charge on any atom is 0.410 e. The van der Waals surface area contributed by atoms with E-state index >= 15 is 0 Å². The van der Waals surface area contributed by atoms with E-state index in [1.807, 2.05) is 86.6 Å². The molecule has 5 heteroatoms. The average molecular weight is 522 g/mol. The first-order valence-corrected chi connectivity index (χ1v) is 13.1. The van der Waals surface area contributed by atoms with Crippen LogP contribution in [0.5, 0.6) is 0 Å². The van der Waals surface area contributed by atoms with Gasteiger partial charge in [0.05, 0.1) is 5.56 Å². The van der Waals surface area contributed by atoms with Gasteiger partial charge in [0.2, 0.25) is 0 Å². The molecule has 0 unspecified atom stereocenters. The van der Waals surface area contributed by atoms with Gasteiger partial charge in [-0.05, 0) is 62.1 Å². The van der Waals surface area contributed by atoms with Crippen molar-refractivity contribution in [1.82, 2.24) is 4.90 Å². The van der Waals surface area contributed by atoms with E-state index in [0.29, 0.717) is 18.7 Å². The number of carbonyl (C=O) groups is 2. The van der Waals surface area contributed by atoms with Crippen molar-refractivity contribution in [3.63, 3.8) is 0 Å². The smallest absolute Gasteiger partial charge is 0.410 e. The Morgan fingerprint density at radius 2 is 1.05 bits per heavy atom. The van der Waals surface area contributed by atoms with Crippen LogP contribution in [-0.4, -0.2) is 17.0 Å². The Kier molecular flexibility index (Phi) is 9.16. The highest BCUT2D eigenvalue weighted by Crippen LogP contribution is 2.17. The molecular weight excluding hydrogens is 486 g/mol. The highest BCUT2D eigenvalue weighted by molar-refractivity contribution is 5.89. The number of hydrogen-bond acceptors (Lipinski definition) is 4. The van der Waals surface area contributed by atoms with Gasteiger partial charge in [0.15, 0.2) is 0 Å². The van der Waals surface area contributed by atoms with E-state index in [1.165, 1.54) is 0 Å². The first kappa shape index (κ1) is 27.6. The van der Waals surface area contributed by atoms with E-state index in [1.54, 1.807) is 4.90 Å². The van der Waals surface area contributed by atoms with Crippen LogP contribution in [0, 0.1) is 27.7 Å². The summed E-state index contributed by atoms with van der Waals surface area (Å²) in [6.45, 7) is 9.26. The summed E-state index contributed by atoms with van der Waals surface area (Å²) in [5, 5.41) is 0. The van der Waals surface area contributed by atoms with Crippen LogP contribution in [0.3, 0.4) is 0 Å². The molecule has 0 aliphatic heterocycles. The summed E-state index contributed by atoms with van der Waals surface area (Å²) in [5.74, 6) is -0.341. The average Bonchev–Trinajstić information content (AvgIpc) is 2.90. The molecule has 0 radical (unpaired) electrons. The molecule has 5 nitrogen and oxygen atoms in total. The van der Waals surface area contributed by atoms with Gasteiger partial charge in [-0.1, -0.05) is 101 Å². The lowest BCUT2D eigenvalue weighted by molar-refractivity contribution is 0.0472. The van der Waals surface area contributed by atoms with E-state index in [0.717, 1.165) is 44.5 Å². The lowest BCUT2D eigenvalue weighted by Crippen LogP contribution is -2.30. The third-order valence-corrected chi connectivity index (χ3v) is 6.34. The summed E-state index contributed by atoms with van der Waals surface area (Å²) in [6, 6.07) is 29.4. The number of benzene rings is 4. The number of amides is 1. The fraction of sp³-hybridized carbons (Fsp3) is 0.235. The zero-order valence-electron chi connectivity index (χ0n) is 23.1. The van der Waals surface area contributed by atoms with Gasteiger partial charge < -0.3 is 9.47 Å². The Morgan fingerprint density at radius 1 is 0.564 bits per heavy atom. The van der Waals surface area contributed by atoms with Crippen LogP contribution >= 0.6 is 0 Å². The van der Waals surface area contributed by atoms with Gasteiger partial charge in [0, 0.05) is 13.1 Å². The summed E-state index contributed by atoms with van der Waals surface area (Å²) in [5.41, 5.74) is 8.75. The maximum atomic E-state index is 13.2. The second-order valence-electron chi connectivity index (χ2n) is 10.2. The number of rotatable bonds is 9. The normalized spacial score (nSPS) is 10.7. The number of ether oxygens (including phenoxy) is 2. The standard InChI is InChI=1S/C34H35NO4/c1-24-14-25(2)17-31(16-24)21-35(34(37)39-23-29-8-6-5-7-9-29)20-28-10-12-30(13-11-28)22-38-33(36)32-18-26(3)15-27(4)19-32/h5-19H,20-23H2,1-4H3. The van der Waals surface area contributed by atoms with E-state index in [2.05, 4.69) is 32.0 Å². The molecule has 0 saturated carbocycles. The van der Waals surface area contributed by atoms with Crippen LogP contribution in [0.2, 0.25) is 0 Å². The van der Waals surface area contributed by atoms with Crippen molar-refractivity contribution in [3.8, 4) is 0 Å². The molecule has 0 saturated heterocycles. The fourth-order valence-corrected chi connectivity index (χ4v) is 4.66. The molecule has 4 aromatic carbocycles. The molecule has 0 bridgehead atoms. The SMILES string of the molecule is Cc1cc(C)cc(CN(Cc2ccc(COC(=O)c3cc(C)cc(C)c3)cc2)C(=O)OCc2ccccc2)c1. The summed E-state index contributed by atoms with van der Waals surface area (Å²) >= 11 is 0. The molecule has 0 aliphatic carbocycles. The zero-order valence-corrected chi connectivity index (χ0v) is 23.1. The van der Waals surface area contributed by atoms with Gasteiger partial charge in [-0.3, -0.25) is 4.90 Å². The minimum Gasteiger partial charge on any atom is -0.457 e. The largest absolute Gasteiger partial charge is 0.457 e. The van der Waals surface area contributed by atoms with Crippen molar-refractivity contribution in [2.45, 2.75) is 54.0 Å². The molecule has 0 atom stereocenters. The van der Waals surface area contributed by atoms with Crippen LogP contribution in [0.4, 0.5) is 4.79 Å². The van der Waals surface area contributed by atoms with Crippen LogP contribution in [-0.2, 0) is 35.8 Å². The van der Waals surface area contributed by atoms with E-state index in [-0.39, 0.29) is 25.3 Å². The van der Waals surface area contributed by atoms with Crippen molar-refractivity contribution >= 4 is 12.1 Å². The molecule has 39 heavy (non-hydrogen) atoms. The molecule has 0 aliphatic rings. The van der Waals surface area contributed by atoms with Crippen LogP contribution in [0.25, 0.3) is 0 Å². The first-order valence-electron chi connectivity index (χ1n) is 13.1. The van der Waals surface area contributed by atoms with Gasteiger partial charge in [0.1, 0.15) is 13.2 Å². The predicted molar refractivity (Wildman–Crippen MR) is 153 cm³/mol. The monoisotopic (exact) mass is 521 g/mol. The van der Waals surface area contributed by atoms with Gasteiger partial charge >= 0.3 is 12.1 Å². The Morgan fingerprint density at radius 3 is 1.67 bits per heavy atom. The highest BCUT2D eigenvalue weighted by atomic mass is 16.6. The Labute approximate surface area is 231 Å². The van der Waals surface area contributed by atoms with Crippen molar-refractivity contribution in [2.75, 3.05) is 0 Å². The van der Waals surface area contributed by atoms with Crippen LogP contribution < -0.4 is 0 Å². The van der Waals surface area contributed by atoms with E-state index in [4.69, 9.17) is 9.47 Å². The molecule has 0 N–H and O–H groups in total. The molecule has 0 aromatic heterocycles. The minimum atomic E-state index is -0.371. The first-order chi connectivity index (χ1) is 18.7. The number of hydrogen-bond donors (Lipinski definition) is 0. The predicted octanol–water partition coefficient (Wildman–Crippen LogP) is 7.62. The van der Waals surface area contributed by atoms with Gasteiger partial charge in [0.25, 0.3) is 0 Å².